The van der Waals surface area contributed by atoms with Gasteiger partial charge in [0.2, 0.25) is 5.91 Å². The minimum atomic E-state index is -0.420. The maximum Gasteiger partial charge on any atom is 0.227 e. The van der Waals surface area contributed by atoms with Gasteiger partial charge in [0.05, 0.1) is 13.0 Å². The number of hydrogen-bond donors (Lipinski definition) is 1. The van der Waals surface area contributed by atoms with Crippen LogP contribution in [0.2, 0.25) is 0 Å². The maximum absolute atomic E-state index is 11.5. The van der Waals surface area contributed by atoms with Crippen LogP contribution in [0.1, 0.15) is 23.7 Å². The summed E-state index contributed by atoms with van der Waals surface area (Å²) in [6.07, 6.45) is -0.179. The van der Waals surface area contributed by atoms with Crippen molar-refractivity contribution in [1.29, 1.82) is 0 Å². The molecule has 0 aliphatic heterocycles. The average molecular weight is 219 g/mol. The zero-order valence-corrected chi connectivity index (χ0v) is 9.03. The van der Waals surface area contributed by atoms with Gasteiger partial charge in [-0.25, -0.2) is 0 Å². The molecular formula is C12H13NO3. The summed E-state index contributed by atoms with van der Waals surface area (Å²) in [6.45, 7) is 1.26. The number of hydrogen-bond acceptors (Lipinski definition) is 3. The maximum atomic E-state index is 11.5. The summed E-state index contributed by atoms with van der Waals surface area (Å²) in [6, 6.07) is 8.68. The van der Waals surface area contributed by atoms with Crippen molar-refractivity contribution in [2.45, 2.75) is 13.3 Å². The van der Waals surface area contributed by atoms with Gasteiger partial charge in [-0.3, -0.25) is 14.4 Å². The van der Waals surface area contributed by atoms with Crippen molar-refractivity contribution in [2.75, 3.05) is 6.54 Å². The van der Waals surface area contributed by atoms with Gasteiger partial charge in [0.25, 0.3) is 0 Å². The smallest absolute Gasteiger partial charge is 0.227 e. The molecule has 0 aliphatic rings. The lowest BCUT2D eigenvalue weighted by Crippen LogP contribution is -2.30. The standard InChI is InChI=1S/C12H13NO3/c1-9(14)7-12(16)13-8-11(15)10-5-3-2-4-6-10/h2-6H,7-8H2,1H3,(H,13,16). The van der Waals surface area contributed by atoms with Crippen molar-refractivity contribution in [3.05, 3.63) is 35.9 Å². The van der Waals surface area contributed by atoms with Gasteiger partial charge in [-0.05, 0) is 6.92 Å². The number of amides is 1. The summed E-state index contributed by atoms with van der Waals surface area (Å²) in [5, 5.41) is 2.40. The average Bonchev–Trinajstić information content (AvgIpc) is 2.26. The SMILES string of the molecule is CC(=O)CC(=O)NCC(=O)c1ccccc1. The van der Waals surface area contributed by atoms with Gasteiger partial charge in [0.15, 0.2) is 5.78 Å². The van der Waals surface area contributed by atoms with E-state index in [1.54, 1.807) is 24.3 Å². The highest BCUT2D eigenvalue weighted by Crippen LogP contribution is 1.98. The highest BCUT2D eigenvalue weighted by atomic mass is 16.2. The molecular weight excluding hydrogens is 206 g/mol. The number of rotatable bonds is 5. The summed E-state index contributed by atoms with van der Waals surface area (Å²) in [4.78, 5) is 33.3. The molecule has 0 aromatic heterocycles. The monoisotopic (exact) mass is 219 g/mol. The zero-order chi connectivity index (χ0) is 12.0. The lowest BCUT2D eigenvalue weighted by atomic mass is 10.1. The number of ketones is 2. The third-order valence-corrected chi connectivity index (χ3v) is 1.95. The Balaban J connectivity index is 2.42. The molecule has 4 heteroatoms. The lowest BCUT2D eigenvalue weighted by molar-refractivity contribution is -0.127. The molecule has 0 unspecified atom stereocenters. The van der Waals surface area contributed by atoms with Crippen molar-refractivity contribution in [3.63, 3.8) is 0 Å². The van der Waals surface area contributed by atoms with Crippen LogP contribution in [0.15, 0.2) is 30.3 Å². The molecule has 4 nitrogen and oxygen atoms in total. The Morgan fingerprint density at radius 1 is 1.12 bits per heavy atom. The van der Waals surface area contributed by atoms with Crippen molar-refractivity contribution < 1.29 is 14.4 Å². The first-order valence-corrected chi connectivity index (χ1v) is 4.94. The number of carbonyl (C=O) groups excluding carboxylic acids is 3. The molecule has 1 rings (SSSR count). The summed E-state index contributed by atoms with van der Waals surface area (Å²) >= 11 is 0. The largest absolute Gasteiger partial charge is 0.348 e. The third-order valence-electron chi connectivity index (χ3n) is 1.95. The first kappa shape index (κ1) is 12.1. The number of nitrogens with one attached hydrogen (secondary N) is 1. The Bertz CT molecular complexity index is 398. The molecule has 0 saturated heterocycles. The minimum Gasteiger partial charge on any atom is -0.348 e. The number of carbonyl (C=O) groups is 3. The van der Waals surface area contributed by atoms with Crippen molar-refractivity contribution in [3.8, 4) is 0 Å². The molecule has 0 bridgehead atoms. The Morgan fingerprint density at radius 3 is 2.31 bits per heavy atom. The van der Waals surface area contributed by atoms with E-state index in [-0.39, 0.29) is 24.5 Å². The van der Waals surface area contributed by atoms with Gasteiger partial charge in [-0.2, -0.15) is 0 Å². The van der Waals surface area contributed by atoms with E-state index < -0.39 is 5.91 Å². The Hall–Kier alpha value is -1.97. The Labute approximate surface area is 93.7 Å². The molecule has 0 spiro atoms. The second-order valence-corrected chi connectivity index (χ2v) is 3.44. The highest BCUT2D eigenvalue weighted by Gasteiger charge is 2.08. The predicted molar refractivity (Wildman–Crippen MR) is 59.1 cm³/mol. The molecule has 0 heterocycles. The van der Waals surface area contributed by atoms with E-state index in [0.29, 0.717) is 5.56 Å². The fraction of sp³-hybridized carbons (Fsp3) is 0.250. The van der Waals surface area contributed by atoms with Crippen molar-refractivity contribution in [2.24, 2.45) is 0 Å². The van der Waals surface area contributed by atoms with Crippen LogP contribution in [0.3, 0.4) is 0 Å². The van der Waals surface area contributed by atoms with E-state index in [9.17, 15) is 14.4 Å². The van der Waals surface area contributed by atoms with Gasteiger partial charge >= 0.3 is 0 Å². The number of benzene rings is 1. The van der Waals surface area contributed by atoms with Gasteiger partial charge in [0, 0.05) is 5.56 Å². The molecule has 1 aromatic carbocycles. The van der Waals surface area contributed by atoms with Crippen LogP contribution in [0.5, 0.6) is 0 Å². The summed E-state index contributed by atoms with van der Waals surface area (Å²) in [5.74, 6) is -0.807. The van der Waals surface area contributed by atoms with Crippen LogP contribution in [0, 0.1) is 0 Å². The molecule has 0 saturated carbocycles. The second kappa shape index (κ2) is 5.80. The fourth-order valence-electron chi connectivity index (χ4n) is 1.19. The van der Waals surface area contributed by atoms with E-state index in [4.69, 9.17) is 0 Å². The van der Waals surface area contributed by atoms with Crippen LogP contribution >= 0.6 is 0 Å². The molecule has 16 heavy (non-hydrogen) atoms. The van der Waals surface area contributed by atoms with E-state index in [0.717, 1.165) is 0 Å². The van der Waals surface area contributed by atoms with E-state index >= 15 is 0 Å². The van der Waals surface area contributed by atoms with Crippen LogP contribution in [-0.2, 0) is 9.59 Å². The van der Waals surface area contributed by atoms with Gasteiger partial charge in [-0.1, -0.05) is 30.3 Å². The van der Waals surface area contributed by atoms with Crippen LogP contribution in [0.4, 0.5) is 0 Å². The minimum absolute atomic E-state index is 0.0733. The Kier molecular flexibility index (Phi) is 4.39. The summed E-state index contributed by atoms with van der Waals surface area (Å²) in [5.41, 5.74) is 0.547. The quantitative estimate of drug-likeness (QED) is 0.592. The summed E-state index contributed by atoms with van der Waals surface area (Å²) < 4.78 is 0. The van der Waals surface area contributed by atoms with E-state index in [1.165, 1.54) is 6.92 Å². The van der Waals surface area contributed by atoms with Crippen LogP contribution in [0.25, 0.3) is 0 Å². The molecule has 84 valence electrons. The van der Waals surface area contributed by atoms with E-state index in [2.05, 4.69) is 5.32 Å². The molecule has 1 N–H and O–H groups in total. The molecule has 0 radical (unpaired) electrons. The predicted octanol–water partition coefficient (Wildman–Crippen LogP) is 0.965. The van der Waals surface area contributed by atoms with Crippen molar-refractivity contribution >= 4 is 17.5 Å². The molecule has 0 atom stereocenters. The molecule has 1 amide bonds. The highest BCUT2D eigenvalue weighted by molar-refractivity contribution is 6.02. The first-order chi connectivity index (χ1) is 7.59. The molecule has 0 fully saturated rings. The molecule has 0 aliphatic carbocycles. The normalized spacial score (nSPS) is 9.56. The molecule has 1 aromatic rings. The fourth-order valence-corrected chi connectivity index (χ4v) is 1.19. The third kappa shape index (κ3) is 4.04. The van der Waals surface area contributed by atoms with Crippen molar-refractivity contribution in [1.82, 2.24) is 5.32 Å². The zero-order valence-electron chi connectivity index (χ0n) is 9.03. The topological polar surface area (TPSA) is 63.2 Å². The van der Waals surface area contributed by atoms with Gasteiger partial charge in [-0.15, -0.1) is 0 Å². The number of Topliss-reactive ketones (excluding diaryl/α,β-unsaturated/α-hetero) is 2. The summed E-state index contributed by atoms with van der Waals surface area (Å²) in [7, 11) is 0. The van der Waals surface area contributed by atoms with Gasteiger partial charge in [0.1, 0.15) is 5.78 Å². The van der Waals surface area contributed by atoms with Gasteiger partial charge < -0.3 is 5.32 Å². The first-order valence-electron chi connectivity index (χ1n) is 4.94. The van der Waals surface area contributed by atoms with Crippen LogP contribution in [-0.4, -0.2) is 24.0 Å². The van der Waals surface area contributed by atoms with E-state index in [1.807, 2.05) is 6.07 Å². The lowest BCUT2D eigenvalue weighted by Gasteiger charge is -2.03. The Morgan fingerprint density at radius 2 is 1.75 bits per heavy atom. The second-order valence-electron chi connectivity index (χ2n) is 3.44. The van der Waals surface area contributed by atoms with Crippen LogP contribution < -0.4 is 5.32 Å².